The molecule has 144 valence electrons. The van der Waals surface area contributed by atoms with Gasteiger partial charge in [0.05, 0.1) is 0 Å². The number of piperazine rings is 1. The summed E-state index contributed by atoms with van der Waals surface area (Å²) in [5.41, 5.74) is 0. The fourth-order valence-electron chi connectivity index (χ4n) is 4.29. The molecular formula is C21H29N5O. The molecule has 2 aromatic heterocycles. The van der Waals surface area contributed by atoms with Crippen LogP contribution in [0.2, 0.25) is 0 Å². The number of carbonyl (C=O) groups excluding carboxylic acids is 1. The Morgan fingerprint density at radius 2 is 1.67 bits per heavy atom. The van der Waals surface area contributed by atoms with Crippen LogP contribution in [0, 0.1) is 5.92 Å². The van der Waals surface area contributed by atoms with Crippen molar-refractivity contribution >= 4 is 11.7 Å². The van der Waals surface area contributed by atoms with Crippen LogP contribution in [0.4, 0.5) is 5.82 Å². The predicted octanol–water partition coefficient (Wildman–Crippen LogP) is 3.28. The molecule has 2 aliphatic rings. The number of amides is 1. The van der Waals surface area contributed by atoms with Gasteiger partial charge in [0.25, 0.3) is 0 Å². The largest absolute Gasteiger partial charge is 0.353 e. The normalized spacial score (nSPS) is 18.7. The Balaban J connectivity index is 1.28. The zero-order valence-corrected chi connectivity index (χ0v) is 16.0. The van der Waals surface area contributed by atoms with Crippen molar-refractivity contribution in [2.75, 3.05) is 31.1 Å². The van der Waals surface area contributed by atoms with E-state index in [1.54, 1.807) is 6.33 Å². The summed E-state index contributed by atoms with van der Waals surface area (Å²) in [6.07, 6.45) is 14.1. The van der Waals surface area contributed by atoms with Crippen molar-refractivity contribution in [1.29, 1.82) is 0 Å². The molecular weight excluding hydrogens is 338 g/mol. The first kappa shape index (κ1) is 18.0. The number of rotatable bonds is 5. The first-order chi connectivity index (χ1) is 13.3. The van der Waals surface area contributed by atoms with Crippen LogP contribution in [0.25, 0.3) is 5.82 Å². The maximum atomic E-state index is 12.6. The summed E-state index contributed by atoms with van der Waals surface area (Å²) >= 11 is 0. The second-order valence-corrected chi connectivity index (χ2v) is 7.74. The summed E-state index contributed by atoms with van der Waals surface area (Å²) < 4.78 is 1.98. The monoisotopic (exact) mass is 367 g/mol. The molecule has 6 heteroatoms. The third kappa shape index (κ3) is 4.49. The summed E-state index contributed by atoms with van der Waals surface area (Å²) in [7, 11) is 0. The molecule has 0 N–H and O–H groups in total. The zero-order chi connectivity index (χ0) is 18.5. The summed E-state index contributed by atoms with van der Waals surface area (Å²) in [4.78, 5) is 25.6. The van der Waals surface area contributed by atoms with Gasteiger partial charge in [0.15, 0.2) is 0 Å². The van der Waals surface area contributed by atoms with E-state index in [1.165, 1.54) is 32.1 Å². The number of carbonyl (C=O) groups is 1. The first-order valence-corrected chi connectivity index (χ1v) is 10.3. The van der Waals surface area contributed by atoms with E-state index in [0.29, 0.717) is 5.91 Å². The first-order valence-electron chi connectivity index (χ1n) is 10.3. The van der Waals surface area contributed by atoms with Crippen LogP contribution in [-0.2, 0) is 4.79 Å². The van der Waals surface area contributed by atoms with E-state index in [9.17, 15) is 4.79 Å². The van der Waals surface area contributed by atoms with Crippen LogP contribution in [0.15, 0.2) is 36.9 Å². The highest BCUT2D eigenvalue weighted by Crippen LogP contribution is 2.27. The molecule has 2 fully saturated rings. The fraction of sp³-hybridized carbons (Fsp3) is 0.571. The highest BCUT2D eigenvalue weighted by Gasteiger charge is 2.23. The summed E-state index contributed by atoms with van der Waals surface area (Å²) in [5, 5.41) is 0. The Morgan fingerprint density at radius 3 is 2.41 bits per heavy atom. The van der Waals surface area contributed by atoms with Gasteiger partial charge in [-0.15, -0.1) is 0 Å². The summed E-state index contributed by atoms with van der Waals surface area (Å²) in [6, 6.07) is 5.99. The zero-order valence-electron chi connectivity index (χ0n) is 16.0. The van der Waals surface area contributed by atoms with Crippen LogP contribution in [0.1, 0.15) is 44.9 Å². The van der Waals surface area contributed by atoms with Gasteiger partial charge in [-0.1, -0.05) is 32.1 Å². The van der Waals surface area contributed by atoms with Crippen molar-refractivity contribution < 1.29 is 4.79 Å². The second-order valence-electron chi connectivity index (χ2n) is 7.74. The molecule has 0 radical (unpaired) electrons. The highest BCUT2D eigenvalue weighted by atomic mass is 16.2. The molecule has 3 heterocycles. The molecule has 6 nitrogen and oxygen atoms in total. The van der Waals surface area contributed by atoms with Gasteiger partial charge in [-0.2, -0.15) is 0 Å². The van der Waals surface area contributed by atoms with Gasteiger partial charge < -0.3 is 14.4 Å². The molecule has 0 spiro atoms. The lowest BCUT2D eigenvalue weighted by Crippen LogP contribution is -2.49. The van der Waals surface area contributed by atoms with Crippen molar-refractivity contribution in [2.24, 2.45) is 5.92 Å². The Hall–Kier alpha value is -2.37. The average Bonchev–Trinajstić information content (AvgIpc) is 3.28. The molecule has 1 saturated carbocycles. The molecule has 1 amide bonds. The summed E-state index contributed by atoms with van der Waals surface area (Å²) in [6.45, 7) is 3.23. The number of hydrogen-bond acceptors (Lipinski definition) is 4. The maximum Gasteiger partial charge on any atom is 0.222 e. The molecule has 0 aromatic carbocycles. The maximum absolute atomic E-state index is 12.6. The van der Waals surface area contributed by atoms with Crippen molar-refractivity contribution in [2.45, 2.75) is 44.9 Å². The predicted molar refractivity (Wildman–Crippen MR) is 106 cm³/mol. The third-order valence-corrected chi connectivity index (χ3v) is 5.95. The number of nitrogens with zero attached hydrogens (tertiary/aromatic N) is 5. The lowest BCUT2D eigenvalue weighted by atomic mass is 9.86. The SMILES string of the molecule is O=C(CCC1CCCCC1)N1CCN(c2cc(-n3cccc3)ncn2)CC1. The molecule has 2 aromatic rings. The van der Waals surface area contributed by atoms with E-state index in [2.05, 4.69) is 14.9 Å². The number of hydrogen-bond donors (Lipinski definition) is 0. The van der Waals surface area contributed by atoms with E-state index < -0.39 is 0 Å². The molecule has 1 aliphatic carbocycles. The van der Waals surface area contributed by atoms with Crippen molar-refractivity contribution in [1.82, 2.24) is 19.4 Å². The van der Waals surface area contributed by atoms with Crippen molar-refractivity contribution in [3.8, 4) is 5.82 Å². The Labute approximate surface area is 161 Å². The van der Waals surface area contributed by atoms with Crippen molar-refractivity contribution in [3.05, 3.63) is 36.9 Å². The van der Waals surface area contributed by atoms with Crippen LogP contribution >= 0.6 is 0 Å². The highest BCUT2D eigenvalue weighted by molar-refractivity contribution is 5.76. The van der Waals surface area contributed by atoms with Crippen LogP contribution in [0.3, 0.4) is 0 Å². The van der Waals surface area contributed by atoms with E-state index >= 15 is 0 Å². The molecule has 0 atom stereocenters. The van der Waals surface area contributed by atoms with E-state index in [-0.39, 0.29) is 0 Å². The van der Waals surface area contributed by atoms with Crippen LogP contribution in [-0.4, -0.2) is 51.5 Å². The van der Waals surface area contributed by atoms with E-state index in [4.69, 9.17) is 0 Å². The molecule has 4 rings (SSSR count). The topological polar surface area (TPSA) is 54.3 Å². The average molecular weight is 367 g/mol. The van der Waals surface area contributed by atoms with Crippen LogP contribution in [0.5, 0.6) is 0 Å². The molecule has 1 saturated heterocycles. The Kier molecular flexibility index (Phi) is 5.70. The molecule has 0 bridgehead atoms. The third-order valence-electron chi connectivity index (χ3n) is 5.95. The number of aromatic nitrogens is 3. The van der Waals surface area contributed by atoms with Crippen molar-refractivity contribution in [3.63, 3.8) is 0 Å². The Morgan fingerprint density at radius 1 is 0.963 bits per heavy atom. The quantitative estimate of drug-likeness (QED) is 0.814. The van der Waals surface area contributed by atoms with Gasteiger partial charge in [-0.25, -0.2) is 9.97 Å². The standard InChI is InChI=1S/C21H29N5O/c27-21(9-8-18-6-2-1-3-7-18)26-14-12-25(13-15-26)20-16-19(22-17-23-20)24-10-4-5-11-24/h4-5,10-11,16-18H,1-3,6-9,12-15H2. The smallest absolute Gasteiger partial charge is 0.222 e. The Bertz CT molecular complexity index is 731. The van der Waals surface area contributed by atoms with E-state index in [0.717, 1.165) is 56.6 Å². The lowest BCUT2D eigenvalue weighted by Gasteiger charge is -2.35. The minimum absolute atomic E-state index is 0.330. The van der Waals surface area contributed by atoms with Gasteiger partial charge in [-0.05, 0) is 24.5 Å². The van der Waals surface area contributed by atoms with Gasteiger partial charge in [-0.3, -0.25) is 4.79 Å². The molecule has 27 heavy (non-hydrogen) atoms. The van der Waals surface area contributed by atoms with Gasteiger partial charge in [0.2, 0.25) is 5.91 Å². The van der Waals surface area contributed by atoms with Crippen LogP contribution < -0.4 is 4.90 Å². The minimum Gasteiger partial charge on any atom is -0.353 e. The summed E-state index contributed by atoms with van der Waals surface area (Å²) in [5.74, 6) is 2.91. The van der Waals surface area contributed by atoms with E-state index in [1.807, 2.05) is 40.1 Å². The van der Waals surface area contributed by atoms with Gasteiger partial charge in [0.1, 0.15) is 18.0 Å². The molecule has 0 unspecified atom stereocenters. The van der Waals surface area contributed by atoms with Gasteiger partial charge >= 0.3 is 0 Å². The lowest BCUT2D eigenvalue weighted by molar-refractivity contribution is -0.131. The minimum atomic E-state index is 0.330. The van der Waals surface area contributed by atoms with Gasteiger partial charge in [0, 0.05) is 51.1 Å². The molecule has 1 aliphatic heterocycles. The second kappa shape index (κ2) is 8.55. The fourth-order valence-corrected chi connectivity index (χ4v) is 4.29. The number of anilines is 1.